The number of anilines is 3. The predicted molar refractivity (Wildman–Crippen MR) is 278 cm³/mol. The number of nitrogens with zero attached hydrogens (tertiary/aromatic N) is 1. The van der Waals surface area contributed by atoms with Crippen molar-refractivity contribution >= 4 is 27.8 Å². The molecule has 0 bridgehead atoms. The van der Waals surface area contributed by atoms with Gasteiger partial charge in [0.25, 0.3) is 0 Å². The number of fused-ring (bicyclic) bond motifs is 4. The van der Waals surface area contributed by atoms with Gasteiger partial charge in [0.2, 0.25) is 0 Å². The fourth-order valence-corrected chi connectivity index (χ4v) is 10.4. The summed E-state index contributed by atoms with van der Waals surface area (Å²) in [6, 6.07) is 100. The third kappa shape index (κ3) is 6.81. The van der Waals surface area contributed by atoms with E-state index in [4.69, 9.17) is 0 Å². The minimum Gasteiger partial charge on any atom is -0.310 e. The summed E-state index contributed by atoms with van der Waals surface area (Å²) in [5.74, 6) is 0. The van der Waals surface area contributed by atoms with Crippen LogP contribution in [0.25, 0.3) is 66.4 Å². The predicted octanol–water partition coefficient (Wildman–Crippen LogP) is 17.3. The van der Waals surface area contributed by atoms with E-state index in [1.165, 1.54) is 83.1 Å². The fourth-order valence-electron chi connectivity index (χ4n) is 10.4. The van der Waals surface area contributed by atoms with E-state index in [2.05, 4.69) is 278 Å². The molecule has 12 rings (SSSR count). The van der Waals surface area contributed by atoms with Crippen molar-refractivity contribution in [2.75, 3.05) is 4.90 Å². The van der Waals surface area contributed by atoms with Crippen molar-refractivity contribution in [2.45, 2.75) is 5.41 Å². The molecule has 11 aromatic carbocycles. The highest BCUT2D eigenvalue weighted by molar-refractivity contribution is 5.91. The van der Waals surface area contributed by atoms with Crippen LogP contribution in [0.15, 0.2) is 273 Å². The molecule has 0 N–H and O–H groups in total. The first kappa shape index (κ1) is 39.1. The average molecular weight is 840 g/mol. The standard InChI is InChI=1S/C65H45N/c1-4-16-46(17-5-1)48-30-32-49(33-31-48)54-22-15-27-59(44-54)66(58-38-36-50(37-39-58)52-20-14-21-53(42-52)55-35-34-47-18-10-11-19-51(47)43-55)60-40-41-62-61-28-12-13-29-63(61)65(64(62)45-60,56-23-6-2-7-24-56)57-25-8-3-9-26-57/h1-45H. The zero-order valence-corrected chi connectivity index (χ0v) is 36.4. The van der Waals surface area contributed by atoms with Gasteiger partial charge >= 0.3 is 0 Å². The highest BCUT2D eigenvalue weighted by atomic mass is 15.1. The Balaban J connectivity index is 0.999. The lowest BCUT2D eigenvalue weighted by molar-refractivity contribution is 0.768. The molecule has 1 heteroatoms. The Kier molecular flexibility index (Phi) is 9.81. The Morgan fingerprint density at radius 3 is 1.36 bits per heavy atom. The molecule has 0 spiro atoms. The molecule has 0 heterocycles. The van der Waals surface area contributed by atoms with Crippen LogP contribution >= 0.6 is 0 Å². The quantitative estimate of drug-likeness (QED) is 0.140. The Morgan fingerprint density at radius 1 is 0.227 bits per heavy atom. The maximum absolute atomic E-state index is 2.46. The largest absolute Gasteiger partial charge is 0.310 e. The summed E-state index contributed by atoms with van der Waals surface area (Å²) in [4.78, 5) is 2.43. The van der Waals surface area contributed by atoms with Gasteiger partial charge < -0.3 is 4.90 Å². The lowest BCUT2D eigenvalue weighted by Gasteiger charge is -2.35. The molecule has 1 aliphatic carbocycles. The second-order valence-electron chi connectivity index (χ2n) is 17.3. The molecule has 0 unspecified atom stereocenters. The first-order valence-electron chi connectivity index (χ1n) is 22.8. The van der Waals surface area contributed by atoms with E-state index < -0.39 is 5.41 Å². The van der Waals surface area contributed by atoms with Crippen LogP contribution in [0, 0.1) is 0 Å². The molecule has 1 nitrogen and oxygen atoms in total. The van der Waals surface area contributed by atoms with Crippen molar-refractivity contribution in [1.82, 2.24) is 0 Å². The Morgan fingerprint density at radius 2 is 0.667 bits per heavy atom. The molecule has 0 fully saturated rings. The van der Waals surface area contributed by atoms with E-state index in [1.807, 2.05) is 0 Å². The van der Waals surface area contributed by atoms with Gasteiger partial charge in [-0.2, -0.15) is 0 Å². The minimum absolute atomic E-state index is 0.515. The third-order valence-corrected chi connectivity index (χ3v) is 13.5. The van der Waals surface area contributed by atoms with Crippen molar-refractivity contribution in [3.05, 3.63) is 295 Å². The summed E-state index contributed by atoms with van der Waals surface area (Å²) >= 11 is 0. The summed E-state index contributed by atoms with van der Waals surface area (Å²) in [5, 5.41) is 2.50. The van der Waals surface area contributed by atoms with E-state index in [0.29, 0.717) is 0 Å². The first-order chi connectivity index (χ1) is 32.7. The molecule has 0 saturated carbocycles. The van der Waals surface area contributed by atoms with Gasteiger partial charge in [-0.05, 0) is 137 Å². The summed E-state index contributed by atoms with van der Waals surface area (Å²) in [5.41, 5.74) is 19.9. The molecule has 0 aliphatic heterocycles. The van der Waals surface area contributed by atoms with Crippen molar-refractivity contribution in [3.63, 3.8) is 0 Å². The van der Waals surface area contributed by atoms with Crippen molar-refractivity contribution in [2.24, 2.45) is 0 Å². The monoisotopic (exact) mass is 839 g/mol. The van der Waals surface area contributed by atoms with E-state index in [9.17, 15) is 0 Å². The summed E-state index contributed by atoms with van der Waals surface area (Å²) < 4.78 is 0. The van der Waals surface area contributed by atoms with Crippen LogP contribution in [0.4, 0.5) is 17.1 Å². The van der Waals surface area contributed by atoms with Crippen molar-refractivity contribution in [3.8, 4) is 55.6 Å². The molecular formula is C65H45N. The normalized spacial score (nSPS) is 12.4. The van der Waals surface area contributed by atoms with Crippen molar-refractivity contribution < 1.29 is 0 Å². The average Bonchev–Trinajstić information content (AvgIpc) is 3.70. The maximum atomic E-state index is 2.46. The molecule has 66 heavy (non-hydrogen) atoms. The van der Waals surface area contributed by atoms with Gasteiger partial charge in [-0.3, -0.25) is 0 Å². The van der Waals surface area contributed by atoms with E-state index in [-0.39, 0.29) is 0 Å². The number of benzene rings is 11. The fraction of sp³-hybridized carbons (Fsp3) is 0.0154. The smallest absolute Gasteiger partial charge is 0.0714 e. The Hall–Kier alpha value is -8.52. The zero-order valence-electron chi connectivity index (χ0n) is 36.4. The van der Waals surface area contributed by atoms with Gasteiger partial charge in [-0.1, -0.05) is 224 Å². The molecule has 0 atom stereocenters. The minimum atomic E-state index is -0.515. The molecule has 11 aromatic rings. The maximum Gasteiger partial charge on any atom is 0.0714 e. The molecule has 0 aromatic heterocycles. The molecule has 310 valence electrons. The van der Waals surface area contributed by atoms with Crippen LogP contribution in [0.3, 0.4) is 0 Å². The molecule has 0 amide bonds. The van der Waals surface area contributed by atoms with Gasteiger partial charge in [0, 0.05) is 17.1 Å². The highest BCUT2D eigenvalue weighted by Crippen LogP contribution is 2.57. The highest BCUT2D eigenvalue weighted by Gasteiger charge is 2.46. The van der Waals surface area contributed by atoms with Crippen LogP contribution in [0.1, 0.15) is 22.3 Å². The second kappa shape index (κ2) is 16.6. The van der Waals surface area contributed by atoms with Crippen molar-refractivity contribution in [1.29, 1.82) is 0 Å². The van der Waals surface area contributed by atoms with Crippen LogP contribution in [-0.2, 0) is 5.41 Å². The first-order valence-corrected chi connectivity index (χ1v) is 22.8. The van der Waals surface area contributed by atoms with E-state index in [0.717, 1.165) is 22.6 Å². The molecular weight excluding hydrogens is 795 g/mol. The molecule has 1 aliphatic rings. The SMILES string of the molecule is c1ccc(-c2ccc(-c3cccc(N(c4ccc(-c5cccc(-c6ccc7ccccc7c6)c5)cc4)c4ccc5c(c4)C(c4ccccc4)(c4ccccc4)c4ccccc4-5)c3)cc2)cc1. The van der Waals surface area contributed by atoms with Crippen LogP contribution in [0.5, 0.6) is 0 Å². The third-order valence-electron chi connectivity index (χ3n) is 13.5. The van der Waals surface area contributed by atoms with E-state index in [1.54, 1.807) is 0 Å². The molecule has 0 radical (unpaired) electrons. The topological polar surface area (TPSA) is 3.24 Å². The van der Waals surface area contributed by atoms with Gasteiger partial charge in [0.1, 0.15) is 0 Å². The summed E-state index contributed by atoms with van der Waals surface area (Å²) in [6.07, 6.45) is 0. The van der Waals surface area contributed by atoms with Gasteiger partial charge in [0.15, 0.2) is 0 Å². The van der Waals surface area contributed by atoms with Gasteiger partial charge in [0.05, 0.1) is 5.41 Å². The summed E-state index contributed by atoms with van der Waals surface area (Å²) in [7, 11) is 0. The summed E-state index contributed by atoms with van der Waals surface area (Å²) in [6.45, 7) is 0. The number of hydrogen-bond donors (Lipinski definition) is 0. The van der Waals surface area contributed by atoms with Crippen LogP contribution < -0.4 is 4.90 Å². The van der Waals surface area contributed by atoms with Gasteiger partial charge in [-0.15, -0.1) is 0 Å². The number of rotatable bonds is 9. The van der Waals surface area contributed by atoms with Crippen LogP contribution in [0.2, 0.25) is 0 Å². The van der Waals surface area contributed by atoms with Gasteiger partial charge in [-0.25, -0.2) is 0 Å². The van der Waals surface area contributed by atoms with E-state index >= 15 is 0 Å². The Labute approximate surface area is 387 Å². The Bertz CT molecular complexity index is 3460. The number of hydrogen-bond acceptors (Lipinski definition) is 1. The van der Waals surface area contributed by atoms with Crippen LogP contribution in [-0.4, -0.2) is 0 Å². The lowest BCUT2D eigenvalue weighted by atomic mass is 9.67. The lowest BCUT2D eigenvalue weighted by Crippen LogP contribution is -2.28. The second-order valence-corrected chi connectivity index (χ2v) is 17.3. The zero-order chi connectivity index (χ0) is 43.9. The molecule has 0 saturated heterocycles.